The highest BCUT2D eigenvalue weighted by Gasteiger charge is 2.04. The Balaban J connectivity index is 2.56. The number of nitrogens with zero attached hydrogens (tertiary/aromatic N) is 1. The zero-order valence-corrected chi connectivity index (χ0v) is 7.13. The lowest BCUT2D eigenvalue weighted by atomic mass is 10.4. The number of alkyl halides is 2. The average molecular weight is 188 g/mol. The summed E-state index contributed by atoms with van der Waals surface area (Å²) in [4.78, 5) is 3.90. The van der Waals surface area contributed by atoms with E-state index in [1.807, 2.05) is 0 Å². The van der Waals surface area contributed by atoms with Crippen LogP contribution >= 0.6 is 0 Å². The Kier molecular flexibility index (Phi) is 3.42. The van der Waals surface area contributed by atoms with Gasteiger partial charge in [-0.05, 0) is 6.07 Å². The molecule has 0 fully saturated rings. The predicted octanol–water partition coefficient (Wildman–Crippen LogP) is 1.77. The molecule has 3 nitrogen and oxygen atoms in total. The van der Waals surface area contributed by atoms with Gasteiger partial charge in [0.25, 0.3) is 6.43 Å². The van der Waals surface area contributed by atoms with Gasteiger partial charge in [-0.15, -0.1) is 0 Å². The molecule has 0 saturated carbocycles. The number of halogens is 2. The number of rotatable bonds is 4. The van der Waals surface area contributed by atoms with Crippen LogP contribution in [0.3, 0.4) is 0 Å². The maximum absolute atomic E-state index is 11.7. The van der Waals surface area contributed by atoms with Crippen molar-refractivity contribution in [3.63, 3.8) is 0 Å². The first-order valence-corrected chi connectivity index (χ1v) is 3.78. The van der Waals surface area contributed by atoms with E-state index in [9.17, 15) is 8.78 Å². The van der Waals surface area contributed by atoms with Crippen LogP contribution in [-0.4, -0.2) is 25.1 Å². The molecule has 5 heteroatoms. The Morgan fingerprint density at radius 1 is 1.54 bits per heavy atom. The second-order valence-electron chi connectivity index (χ2n) is 2.31. The number of anilines is 1. The normalized spacial score (nSPS) is 10.2. The molecule has 1 rings (SSSR count). The zero-order chi connectivity index (χ0) is 9.68. The summed E-state index contributed by atoms with van der Waals surface area (Å²) in [5.74, 6) is 0.791. The fourth-order valence-corrected chi connectivity index (χ4v) is 0.783. The SMILES string of the molecule is CNc1cccc(OCC(F)F)n1. The van der Waals surface area contributed by atoms with Crippen LogP contribution in [0, 0.1) is 0 Å². The van der Waals surface area contributed by atoms with Crippen molar-refractivity contribution in [3.05, 3.63) is 18.2 Å². The van der Waals surface area contributed by atoms with Gasteiger partial charge in [0, 0.05) is 13.1 Å². The Bertz CT molecular complexity index is 268. The molecule has 0 aliphatic heterocycles. The van der Waals surface area contributed by atoms with Gasteiger partial charge in [0.05, 0.1) is 0 Å². The molecular weight excluding hydrogens is 178 g/mol. The lowest BCUT2D eigenvalue weighted by Gasteiger charge is -2.05. The number of pyridine rings is 1. The second-order valence-corrected chi connectivity index (χ2v) is 2.31. The van der Waals surface area contributed by atoms with E-state index in [4.69, 9.17) is 4.74 Å². The molecule has 0 aromatic carbocycles. The van der Waals surface area contributed by atoms with E-state index in [1.54, 1.807) is 19.2 Å². The van der Waals surface area contributed by atoms with E-state index in [1.165, 1.54) is 6.07 Å². The van der Waals surface area contributed by atoms with Crippen molar-refractivity contribution in [2.24, 2.45) is 0 Å². The van der Waals surface area contributed by atoms with Gasteiger partial charge in [-0.2, -0.15) is 4.98 Å². The quantitative estimate of drug-likeness (QED) is 0.781. The molecule has 0 atom stereocenters. The summed E-state index contributed by atoms with van der Waals surface area (Å²) >= 11 is 0. The standard InChI is InChI=1S/C8H10F2N2O/c1-11-7-3-2-4-8(12-7)13-5-6(9)10/h2-4,6H,5H2,1H3,(H,11,12). The summed E-state index contributed by atoms with van der Waals surface area (Å²) in [5.41, 5.74) is 0. The average Bonchev–Trinajstić information content (AvgIpc) is 2.15. The van der Waals surface area contributed by atoms with Crippen molar-refractivity contribution >= 4 is 5.82 Å². The third-order valence-electron chi connectivity index (χ3n) is 1.34. The lowest BCUT2D eigenvalue weighted by Crippen LogP contribution is -2.08. The monoisotopic (exact) mass is 188 g/mol. The molecule has 0 saturated heterocycles. The van der Waals surface area contributed by atoms with Gasteiger partial charge >= 0.3 is 0 Å². The second kappa shape index (κ2) is 4.59. The van der Waals surface area contributed by atoms with Crippen LogP contribution in [0.5, 0.6) is 5.88 Å². The molecule has 0 spiro atoms. The van der Waals surface area contributed by atoms with E-state index < -0.39 is 13.0 Å². The summed E-state index contributed by atoms with van der Waals surface area (Å²) in [6.07, 6.45) is -2.47. The predicted molar refractivity (Wildman–Crippen MR) is 45.3 cm³/mol. The number of hydrogen-bond acceptors (Lipinski definition) is 3. The minimum atomic E-state index is -2.47. The van der Waals surface area contributed by atoms with Crippen LogP contribution in [-0.2, 0) is 0 Å². The Morgan fingerprint density at radius 2 is 2.31 bits per heavy atom. The molecule has 0 unspecified atom stereocenters. The highest BCUT2D eigenvalue weighted by molar-refractivity contribution is 5.35. The molecule has 0 radical (unpaired) electrons. The number of ether oxygens (including phenoxy) is 1. The molecule has 72 valence electrons. The van der Waals surface area contributed by atoms with E-state index >= 15 is 0 Å². The van der Waals surface area contributed by atoms with E-state index in [0.717, 1.165) is 0 Å². The van der Waals surface area contributed by atoms with Crippen LogP contribution in [0.15, 0.2) is 18.2 Å². The van der Waals surface area contributed by atoms with Crippen molar-refractivity contribution < 1.29 is 13.5 Å². The molecule has 0 amide bonds. The van der Waals surface area contributed by atoms with Crippen LogP contribution < -0.4 is 10.1 Å². The van der Waals surface area contributed by atoms with Crippen LogP contribution in [0.2, 0.25) is 0 Å². The van der Waals surface area contributed by atoms with Gasteiger partial charge in [-0.1, -0.05) is 6.07 Å². The lowest BCUT2D eigenvalue weighted by molar-refractivity contribution is 0.0797. The van der Waals surface area contributed by atoms with Crippen LogP contribution in [0.1, 0.15) is 0 Å². The van der Waals surface area contributed by atoms with Crippen molar-refractivity contribution in [2.75, 3.05) is 19.0 Å². The van der Waals surface area contributed by atoms with Gasteiger partial charge in [-0.25, -0.2) is 8.78 Å². The van der Waals surface area contributed by atoms with Gasteiger partial charge in [-0.3, -0.25) is 0 Å². The number of nitrogens with one attached hydrogen (secondary N) is 1. The largest absolute Gasteiger partial charge is 0.472 e. The summed E-state index contributed by atoms with van der Waals surface area (Å²) < 4.78 is 28.2. The topological polar surface area (TPSA) is 34.1 Å². The molecule has 0 bridgehead atoms. The fraction of sp³-hybridized carbons (Fsp3) is 0.375. The summed E-state index contributed by atoms with van der Waals surface area (Å²) in [7, 11) is 1.69. The fourth-order valence-electron chi connectivity index (χ4n) is 0.783. The molecular formula is C8H10F2N2O. The Hall–Kier alpha value is -1.39. The first-order valence-electron chi connectivity index (χ1n) is 3.78. The maximum Gasteiger partial charge on any atom is 0.272 e. The van der Waals surface area contributed by atoms with Crippen molar-refractivity contribution in [2.45, 2.75) is 6.43 Å². The highest BCUT2D eigenvalue weighted by atomic mass is 19.3. The third-order valence-corrected chi connectivity index (χ3v) is 1.34. The number of aromatic nitrogens is 1. The molecule has 0 aliphatic carbocycles. The van der Waals surface area contributed by atoms with Gasteiger partial charge in [0.1, 0.15) is 5.82 Å². The van der Waals surface area contributed by atoms with Crippen LogP contribution in [0.25, 0.3) is 0 Å². The molecule has 0 aliphatic rings. The van der Waals surface area contributed by atoms with Crippen molar-refractivity contribution in [1.29, 1.82) is 0 Å². The van der Waals surface area contributed by atoms with E-state index in [-0.39, 0.29) is 5.88 Å². The van der Waals surface area contributed by atoms with E-state index in [0.29, 0.717) is 5.82 Å². The van der Waals surface area contributed by atoms with Gasteiger partial charge in [0.2, 0.25) is 5.88 Å². The highest BCUT2D eigenvalue weighted by Crippen LogP contribution is 2.11. The molecule has 1 heterocycles. The van der Waals surface area contributed by atoms with Crippen molar-refractivity contribution in [1.82, 2.24) is 4.98 Å². The molecule has 13 heavy (non-hydrogen) atoms. The van der Waals surface area contributed by atoms with Gasteiger partial charge < -0.3 is 10.1 Å². The Labute approximate surface area is 74.7 Å². The first kappa shape index (κ1) is 9.70. The molecule has 1 aromatic rings. The minimum Gasteiger partial charge on any atom is -0.472 e. The summed E-state index contributed by atoms with van der Waals surface area (Å²) in [5, 5.41) is 2.78. The third kappa shape index (κ3) is 3.23. The first-order chi connectivity index (χ1) is 6.22. The Morgan fingerprint density at radius 3 is 2.92 bits per heavy atom. The smallest absolute Gasteiger partial charge is 0.272 e. The zero-order valence-electron chi connectivity index (χ0n) is 7.13. The summed E-state index contributed by atoms with van der Waals surface area (Å²) in [6, 6.07) is 4.93. The van der Waals surface area contributed by atoms with Crippen molar-refractivity contribution in [3.8, 4) is 5.88 Å². The maximum atomic E-state index is 11.7. The molecule has 1 aromatic heterocycles. The van der Waals surface area contributed by atoms with E-state index in [2.05, 4.69) is 10.3 Å². The number of hydrogen-bond donors (Lipinski definition) is 1. The summed E-state index contributed by atoms with van der Waals surface area (Å²) in [6.45, 7) is -0.625. The van der Waals surface area contributed by atoms with Crippen LogP contribution in [0.4, 0.5) is 14.6 Å². The van der Waals surface area contributed by atoms with Gasteiger partial charge in [0.15, 0.2) is 6.61 Å². The molecule has 1 N–H and O–H groups in total. The minimum absolute atomic E-state index is 0.201.